The second-order valence-electron chi connectivity index (χ2n) is 5.41. The molecule has 5 heteroatoms. The molecule has 20 heavy (non-hydrogen) atoms. The van der Waals surface area contributed by atoms with Gasteiger partial charge in [0.2, 0.25) is 11.8 Å². The van der Waals surface area contributed by atoms with Crippen LogP contribution in [0.15, 0.2) is 24.3 Å². The van der Waals surface area contributed by atoms with Gasteiger partial charge in [-0.15, -0.1) is 0 Å². The molecule has 5 nitrogen and oxygen atoms in total. The van der Waals surface area contributed by atoms with Crippen molar-refractivity contribution in [1.82, 2.24) is 5.32 Å². The minimum Gasteiger partial charge on any atom is -0.492 e. The lowest BCUT2D eigenvalue weighted by Crippen LogP contribution is -2.39. The lowest BCUT2D eigenvalue weighted by Gasteiger charge is -2.17. The molecule has 0 aromatic heterocycles. The number of carbonyl (C=O) groups excluding carboxylic acids is 2. The predicted molar refractivity (Wildman–Crippen MR) is 78.7 cm³/mol. The molecule has 0 radical (unpaired) electrons. The molecule has 2 N–H and O–H groups in total. The Kier molecular flexibility index (Phi) is 5.55. The molecule has 0 aliphatic rings. The first kappa shape index (κ1) is 16.0. The van der Waals surface area contributed by atoms with Crippen molar-refractivity contribution < 1.29 is 14.3 Å². The Bertz CT molecular complexity index is 478. The Hall–Kier alpha value is -2.04. The topological polar surface area (TPSA) is 67.4 Å². The van der Waals surface area contributed by atoms with E-state index in [0.717, 1.165) is 0 Å². The van der Waals surface area contributed by atoms with Crippen LogP contribution in [0.3, 0.4) is 0 Å². The minimum absolute atomic E-state index is 0.0590. The van der Waals surface area contributed by atoms with Crippen LogP contribution in [-0.2, 0) is 9.59 Å². The van der Waals surface area contributed by atoms with E-state index in [-0.39, 0.29) is 18.4 Å². The standard InChI is InChI=1S/C15H22N2O3/c1-5-20-12-9-7-6-8-11(12)17-13(18)10-16-14(19)15(2,3)4/h6-9H,5,10H2,1-4H3,(H,16,19)(H,17,18). The molecule has 0 aliphatic heterocycles. The van der Waals surface area contributed by atoms with Crippen molar-refractivity contribution in [3.8, 4) is 5.75 Å². The Morgan fingerprint density at radius 3 is 2.45 bits per heavy atom. The van der Waals surface area contributed by atoms with E-state index in [1.807, 2.05) is 19.1 Å². The van der Waals surface area contributed by atoms with E-state index in [4.69, 9.17) is 4.74 Å². The second-order valence-corrected chi connectivity index (χ2v) is 5.41. The fourth-order valence-corrected chi connectivity index (χ4v) is 1.47. The second kappa shape index (κ2) is 6.93. The van der Waals surface area contributed by atoms with Gasteiger partial charge in [0.05, 0.1) is 18.8 Å². The first-order valence-electron chi connectivity index (χ1n) is 6.64. The highest BCUT2D eigenvalue weighted by Gasteiger charge is 2.21. The highest BCUT2D eigenvalue weighted by atomic mass is 16.5. The van der Waals surface area contributed by atoms with Crippen molar-refractivity contribution in [3.63, 3.8) is 0 Å². The Morgan fingerprint density at radius 1 is 1.20 bits per heavy atom. The number of ether oxygens (including phenoxy) is 1. The number of carbonyl (C=O) groups is 2. The van der Waals surface area contributed by atoms with Gasteiger partial charge in [-0.3, -0.25) is 9.59 Å². The number of benzene rings is 1. The highest BCUT2D eigenvalue weighted by Crippen LogP contribution is 2.23. The Morgan fingerprint density at radius 2 is 1.85 bits per heavy atom. The third-order valence-corrected chi connectivity index (χ3v) is 2.55. The molecule has 0 fully saturated rings. The van der Waals surface area contributed by atoms with Crippen LogP contribution in [0.5, 0.6) is 5.75 Å². The maximum Gasteiger partial charge on any atom is 0.243 e. The summed E-state index contributed by atoms with van der Waals surface area (Å²) in [5.74, 6) is 0.172. The lowest BCUT2D eigenvalue weighted by atomic mass is 9.96. The highest BCUT2D eigenvalue weighted by molar-refractivity contribution is 5.96. The number of para-hydroxylation sites is 2. The van der Waals surface area contributed by atoms with Crippen LogP contribution >= 0.6 is 0 Å². The molecule has 0 saturated heterocycles. The van der Waals surface area contributed by atoms with Gasteiger partial charge in [-0.25, -0.2) is 0 Å². The first-order chi connectivity index (χ1) is 9.34. The maximum absolute atomic E-state index is 11.8. The molecule has 0 saturated carbocycles. The van der Waals surface area contributed by atoms with Crippen LogP contribution in [0.25, 0.3) is 0 Å². The summed E-state index contributed by atoms with van der Waals surface area (Å²) < 4.78 is 5.42. The first-order valence-corrected chi connectivity index (χ1v) is 6.64. The van der Waals surface area contributed by atoms with E-state index < -0.39 is 5.41 Å². The molecule has 0 heterocycles. The molecule has 0 aliphatic carbocycles. The summed E-state index contributed by atoms with van der Waals surface area (Å²) in [6.45, 7) is 7.73. The zero-order chi connectivity index (χ0) is 15.2. The maximum atomic E-state index is 11.8. The molecule has 1 aromatic rings. The lowest BCUT2D eigenvalue weighted by molar-refractivity contribution is -0.130. The van der Waals surface area contributed by atoms with Gasteiger partial charge in [0.25, 0.3) is 0 Å². The number of rotatable bonds is 5. The summed E-state index contributed by atoms with van der Waals surface area (Å²) in [5, 5.41) is 5.33. The normalized spacial score (nSPS) is 10.8. The summed E-state index contributed by atoms with van der Waals surface area (Å²) in [4.78, 5) is 23.5. The SMILES string of the molecule is CCOc1ccccc1NC(=O)CNC(=O)C(C)(C)C. The molecule has 0 bridgehead atoms. The fraction of sp³-hybridized carbons (Fsp3) is 0.467. The summed E-state index contributed by atoms with van der Waals surface area (Å²) in [5.41, 5.74) is 0.0908. The quantitative estimate of drug-likeness (QED) is 0.867. The molecule has 0 atom stereocenters. The summed E-state index contributed by atoms with van der Waals surface area (Å²) in [6.07, 6.45) is 0. The molecular weight excluding hydrogens is 256 g/mol. The van der Waals surface area contributed by atoms with Crippen molar-refractivity contribution in [3.05, 3.63) is 24.3 Å². The average molecular weight is 278 g/mol. The number of amides is 2. The van der Waals surface area contributed by atoms with Gasteiger partial charge in [0.1, 0.15) is 5.75 Å². The van der Waals surface area contributed by atoms with Gasteiger partial charge >= 0.3 is 0 Å². The van der Waals surface area contributed by atoms with Crippen LogP contribution < -0.4 is 15.4 Å². The van der Waals surface area contributed by atoms with E-state index in [2.05, 4.69) is 10.6 Å². The fourth-order valence-electron chi connectivity index (χ4n) is 1.47. The van der Waals surface area contributed by atoms with E-state index in [1.165, 1.54) is 0 Å². The molecule has 110 valence electrons. The third-order valence-electron chi connectivity index (χ3n) is 2.55. The number of nitrogens with one attached hydrogen (secondary N) is 2. The Balaban J connectivity index is 2.57. The molecule has 1 rings (SSSR count). The number of anilines is 1. The largest absolute Gasteiger partial charge is 0.492 e. The summed E-state index contributed by atoms with van der Waals surface area (Å²) >= 11 is 0. The Labute approximate surface area is 119 Å². The average Bonchev–Trinajstić information content (AvgIpc) is 2.37. The van der Waals surface area contributed by atoms with E-state index >= 15 is 0 Å². The van der Waals surface area contributed by atoms with Crippen LogP contribution in [0, 0.1) is 5.41 Å². The van der Waals surface area contributed by atoms with Crippen molar-refractivity contribution >= 4 is 17.5 Å². The van der Waals surface area contributed by atoms with Crippen molar-refractivity contribution in [2.24, 2.45) is 5.41 Å². The van der Waals surface area contributed by atoms with Gasteiger partial charge in [-0.05, 0) is 19.1 Å². The minimum atomic E-state index is -0.510. The zero-order valence-electron chi connectivity index (χ0n) is 12.4. The van der Waals surface area contributed by atoms with Crippen LogP contribution in [0.2, 0.25) is 0 Å². The van der Waals surface area contributed by atoms with E-state index in [1.54, 1.807) is 32.9 Å². The van der Waals surface area contributed by atoms with Crippen molar-refractivity contribution in [1.29, 1.82) is 0 Å². The number of hydrogen-bond donors (Lipinski definition) is 2. The zero-order valence-corrected chi connectivity index (χ0v) is 12.4. The third kappa shape index (κ3) is 4.91. The summed E-state index contributed by atoms with van der Waals surface area (Å²) in [6, 6.07) is 7.19. The molecule has 0 unspecified atom stereocenters. The van der Waals surface area contributed by atoms with Crippen LogP contribution in [-0.4, -0.2) is 25.0 Å². The van der Waals surface area contributed by atoms with Crippen LogP contribution in [0.4, 0.5) is 5.69 Å². The van der Waals surface area contributed by atoms with E-state index in [9.17, 15) is 9.59 Å². The van der Waals surface area contributed by atoms with Gasteiger partial charge in [0, 0.05) is 5.41 Å². The van der Waals surface area contributed by atoms with Gasteiger partial charge in [-0.2, -0.15) is 0 Å². The molecular formula is C15H22N2O3. The molecule has 2 amide bonds. The predicted octanol–water partition coefficient (Wildman–Crippen LogP) is 2.19. The van der Waals surface area contributed by atoms with Crippen molar-refractivity contribution in [2.75, 3.05) is 18.5 Å². The van der Waals surface area contributed by atoms with Gasteiger partial charge in [0.15, 0.2) is 0 Å². The smallest absolute Gasteiger partial charge is 0.243 e. The summed E-state index contributed by atoms with van der Waals surface area (Å²) in [7, 11) is 0. The molecule has 0 spiro atoms. The molecule has 1 aromatic carbocycles. The van der Waals surface area contributed by atoms with Crippen molar-refractivity contribution in [2.45, 2.75) is 27.7 Å². The van der Waals surface area contributed by atoms with E-state index in [0.29, 0.717) is 18.0 Å². The number of hydrogen-bond acceptors (Lipinski definition) is 3. The monoisotopic (exact) mass is 278 g/mol. The van der Waals surface area contributed by atoms with Crippen LogP contribution in [0.1, 0.15) is 27.7 Å². The van der Waals surface area contributed by atoms with Gasteiger partial charge in [-0.1, -0.05) is 32.9 Å². The van der Waals surface area contributed by atoms with Gasteiger partial charge < -0.3 is 15.4 Å².